The second-order valence-electron chi connectivity index (χ2n) is 7.06. The second kappa shape index (κ2) is 7.98. The van der Waals surface area contributed by atoms with Gasteiger partial charge in [-0.1, -0.05) is 5.92 Å². The van der Waals surface area contributed by atoms with Crippen molar-refractivity contribution in [2.24, 2.45) is 0 Å². The Labute approximate surface area is 161 Å². The second-order valence-corrected chi connectivity index (χ2v) is 7.06. The van der Waals surface area contributed by atoms with Gasteiger partial charge in [-0.25, -0.2) is 15.0 Å². The van der Waals surface area contributed by atoms with Crippen molar-refractivity contribution >= 4 is 17.0 Å². The van der Waals surface area contributed by atoms with Gasteiger partial charge in [-0.2, -0.15) is 0 Å². The molecule has 1 aliphatic carbocycles. The Kier molecular flexibility index (Phi) is 5.43. The first-order valence-electron chi connectivity index (χ1n) is 9.25. The first-order chi connectivity index (χ1) is 13.6. The van der Waals surface area contributed by atoms with E-state index in [4.69, 9.17) is 15.9 Å². The number of aliphatic hydroxyl groups is 3. The van der Waals surface area contributed by atoms with Gasteiger partial charge in [-0.15, -0.1) is 6.42 Å². The van der Waals surface area contributed by atoms with Crippen LogP contribution in [-0.4, -0.2) is 78.5 Å². The van der Waals surface area contributed by atoms with Crippen LogP contribution in [0.2, 0.25) is 0 Å². The minimum atomic E-state index is -1.18. The largest absolute Gasteiger partial charge is 0.391 e. The molecule has 0 aromatic carbocycles. The Hall–Kier alpha value is -2.29. The summed E-state index contributed by atoms with van der Waals surface area (Å²) >= 11 is 0. The molecular formula is C18H23N5O5. The fraction of sp³-hybridized carbons (Fsp3) is 0.611. The van der Waals surface area contributed by atoms with E-state index in [0.29, 0.717) is 17.0 Å². The minimum Gasteiger partial charge on any atom is -0.391 e. The van der Waals surface area contributed by atoms with Crippen LogP contribution in [0.25, 0.3) is 11.2 Å². The average Bonchev–Trinajstić information content (AvgIpc) is 3.37. The Bertz CT molecular complexity index is 868. The van der Waals surface area contributed by atoms with Crippen molar-refractivity contribution in [2.45, 2.75) is 55.9 Å². The van der Waals surface area contributed by atoms with Crippen molar-refractivity contribution in [2.75, 3.05) is 18.5 Å². The third-order valence-corrected chi connectivity index (χ3v) is 5.24. The highest BCUT2D eigenvalue weighted by molar-refractivity contribution is 5.82. The quantitative estimate of drug-likeness (QED) is 0.378. The van der Waals surface area contributed by atoms with Crippen LogP contribution in [0.1, 0.15) is 25.5 Å². The SMILES string of the molecule is C#CCOC[C@H]1O[C@@H](n2cnc3c(N[C@@H]4CCC[C@H]4O)ncnc32)[C@H](O)[C@@H]1O. The highest BCUT2D eigenvalue weighted by Gasteiger charge is 2.44. The summed E-state index contributed by atoms with van der Waals surface area (Å²) in [5, 5.41) is 34.0. The molecule has 28 heavy (non-hydrogen) atoms. The average molecular weight is 389 g/mol. The van der Waals surface area contributed by atoms with Gasteiger partial charge in [0.15, 0.2) is 23.2 Å². The molecule has 150 valence electrons. The maximum absolute atomic E-state index is 10.4. The summed E-state index contributed by atoms with van der Waals surface area (Å²) in [6.07, 6.45) is 6.24. The lowest BCUT2D eigenvalue weighted by Crippen LogP contribution is -2.33. The highest BCUT2D eigenvalue weighted by atomic mass is 16.6. The van der Waals surface area contributed by atoms with Gasteiger partial charge >= 0.3 is 0 Å². The molecule has 1 saturated carbocycles. The smallest absolute Gasteiger partial charge is 0.167 e. The lowest BCUT2D eigenvalue weighted by atomic mass is 10.1. The number of nitrogens with one attached hydrogen (secondary N) is 1. The number of ether oxygens (including phenoxy) is 2. The van der Waals surface area contributed by atoms with E-state index >= 15 is 0 Å². The zero-order valence-electron chi connectivity index (χ0n) is 15.2. The molecule has 2 fully saturated rings. The number of aliphatic hydroxyl groups excluding tert-OH is 3. The number of nitrogens with zero attached hydrogens (tertiary/aromatic N) is 4. The number of aromatic nitrogens is 4. The van der Waals surface area contributed by atoms with E-state index in [-0.39, 0.29) is 19.3 Å². The fourth-order valence-corrected chi connectivity index (χ4v) is 3.76. The molecule has 1 aliphatic heterocycles. The molecule has 4 rings (SSSR count). The first-order valence-corrected chi connectivity index (χ1v) is 9.25. The summed E-state index contributed by atoms with van der Waals surface area (Å²) in [5.41, 5.74) is 0.949. The number of imidazole rings is 1. The lowest BCUT2D eigenvalue weighted by Gasteiger charge is -2.18. The van der Waals surface area contributed by atoms with Gasteiger partial charge in [0, 0.05) is 0 Å². The third kappa shape index (κ3) is 3.43. The molecule has 0 spiro atoms. The highest BCUT2D eigenvalue weighted by Crippen LogP contribution is 2.33. The van der Waals surface area contributed by atoms with Crippen LogP contribution in [0.3, 0.4) is 0 Å². The van der Waals surface area contributed by atoms with Gasteiger partial charge in [0.25, 0.3) is 0 Å². The predicted octanol–water partition coefficient (Wildman–Crippen LogP) is -0.579. The van der Waals surface area contributed by atoms with Gasteiger partial charge in [0.1, 0.15) is 31.2 Å². The Balaban J connectivity index is 1.56. The topological polar surface area (TPSA) is 135 Å². The molecule has 0 amide bonds. The Morgan fingerprint density at radius 1 is 1.25 bits per heavy atom. The molecule has 0 unspecified atom stereocenters. The van der Waals surface area contributed by atoms with E-state index < -0.39 is 30.6 Å². The molecule has 10 nitrogen and oxygen atoms in total. The summed E-state index contributed by atoms with van der Waals surface area (Å²) in [5.74, 6) is 2.85. The number of hydrogen-bond acceptors (Lipinski definition) is 9. The van der Waals surface area contributed by atoms with Crippen molar-refractivity contribution in [3.8, 4) is 12.3 Å². The van der Waals surface area contributed by atoms with Crippen molar-refractivity contribution in [3.05, 3.63) is 12.7 Å². The van der Waals surface area contributed by atoms with E-state index in [2.05, 4.69) is 26.2 Å². The van der Waals surface area contributed by atoms with Crippen molar-refractivity contribution in [1.82, 2.24) is 19.5 Å². The number of hydrogen-bond donors (Lipinski definition) is 4. The Morgan fingerprint density at radius 3 is 2.86 bits per heavy atom. The Morgan fingerprint density at radius 2 is 2.11 bits per heavy atom. The number of rotatable bonds is 6. The fourth-order valence-electron chi connectivity index (χ4n) is 3.76. The van der Waals surface area contributed by atoms with E-state index in [1.807, 2.05) is 0 Å². The van der Waals surface area contributed by atoms with Gasteiger partial charge in [0.05, 0.1) is 25.1 Å². The normalized spacial score (nSPS) is 32.6. The van der Waals surface area contributed by atoms with Crippen LogP contribution in [0.15, 0.2) is 12.7 Å². The molecule has 4 N–H and O–H groups in total. The van der Waals surface area contributed by atoms with Gasteiger partial charge < -0.3 is 30.1 Å². The van der Waals surface area contributed by atoms with Crippen molar-refractivity contribution in [1.29, 1.82) is 0 Å². The maximum atomic E-state index is 10.4. The molecule has 2 aliphatic rings. The van der Waals surface area contributed by atoms with Crippen LogP contribution < -0.4 is 5.32 Å². The summed E-state index contributed by atoms with van der Waals surface area (Å²) in [6, 6.07) is -0.0870. The van der Waals surface area contributed by atoms with Crippen LogP contribution in [-0.2, 0) is 9.47 Å². The summed E-state index contributed by atoms with van der Waals surface area (Å²) in [4.78, 5) is 12.9. The van der Waals surface area contributed by atoms with E-state index in [1.165, 1.54) is 12.7 Å². The van der Waals surface area contributed by atoms with Crippen molar-refractivity contribution in [3.63, 3.8) is 0 Å². The molecule has 10 heteroatoms. The molecular weight excluding hydrogens is 366 g/mol. The number of fused-ring (bicyclic) bond motifs is 1. The number of anilines is 1. The molecule has 6 atom stereocenters. The zero-order valence-corrected chi connectivity index (χ0v) is 15.2. The monoisotopic (exact) mass is 389 g/mol. The lowest BCUT2D eigenvalue weighted by molar-refractivity contribution is -0.0615. The van der Waals surface area contributed by atoms with Crippen molar-refractivity contribution < 1.29 is 24.8 Å². The minimum absolute atomic E-state index is 0.0624. The molecule has 0 bridgehead atoms. The molecule has 2 aromatic heterocycles. The van der Waals surface area contributed by atoms with Crippen LogP contribution >= 0.6 is 0 Å². The number of terminal acetylenes is 1. The van der Waals surface area contributed by atoms with Gasteiger partial charge in [0.2, 0.25) is 0 Å². The molecule has 2 aromatic rings. The maximum Gasteiger partial charge on any atom is 0.167 e. The summed E-state index contributed by atoms with van der Waals surface area (Å²) in [7, 11) is 0. The molecule has 1 saturated heterocycles. The van der Waals surface area contributed by atoms with Gasteiger partial charge in [-0.3, -0.25) is 4.57 Å². The van der Waals surface area contributed by atoms with Crippen LogP contribution in [0.4, 0.5) is 5.82 Å². The molecule has 3 heterocycles. The summed E-state index contributed by atoms with van der Waals surface area (Å²) in [6.45, 7) is 0.156. The zero-order chi connectivity index (χ0) is 19.7. The van der Waals surface area contributed by atoms with E-state index in [9.17, 15) is 15.3 Å². The summed E-state index contributed by atoms with van der Waals surface area (Å²) < 4.78 is 12.6. The predicted molar refractivity (Wildman–Crippen MR) is 98.2 cm³/mol. The van der Waals surface area contributed by atoms with E-state index in [1.54, 1.807) is 4.57 Å². The third-order valence-electron chi connectivity index (χ3n) is 5.24. The first kappa shape index (κ1) is 19.0. The molecule has 0 radical (unpaired) electrons. The van der Waals surface area contributed by atoms with Crippen LogP contribution in [0, 0.1) is 12.3 Å². The van der Waals surface area contributed by atoms with E-state index in [0.717, 1.165) is 19.3 Å². The van der Waals surface area contributed by atoms with Crippen LogP contribution in [0.5, 0.6) is 0 Å². The standard InChI is InChI=1S/C18H23N5O5/c1-2-6-27-7-12-14(25)15(26)18(28-12)23-9-21-13-16(19-8-20-17(13)23)22-10-4-3-5-11(10)24/h1,8-12,14-15,18,24-26H,3-7H2,(H,19,20,22)/t10-,11-,12-,14-,15-,18-/m1/s1. The van der Waals surface area contributed by atoms with Gasteiger partial charge in [-0.05, 0) is 19.3 Å².